The van der Waals surface area contributed by atoms with Crippen molar-refractivity contribution in [3.05, 3.63) is 36.4 Å². The number of aromatic nitrogens is 3. The van der Waals surface area contributed by atoms with Gasteiger partial charge in [-0.05, 0) is 55.3 Å². The molecule has 2 fully saturated rings. The second-order valence-corrected chi connectivity index (χ2v) is 9.31. The smallest absolute Gasteiger partial charge is 0.243 e. The van der Waals surface area contributed by atoms with Gasteiger partial charge in [-0.1, -0.05) is 18.2 Å². The van der Waals surface area contributed by atoms with E-state index in [0.29, 0.717) is 17.4 Å². The first-order valence-electron chi connectivity index (χ1n) is 12.6. The summed E-state index contributed by atoms with van der Waals surface area (Å²) in [4.78, 5) is 15.8. The van der Waals surface area contributed by atoms with Gasteiger partial charge in [0.1, 0.15) is 17.1 Å². The molecule has 0 bridgehead atoms. The average molecular weight is 489 g/mol. The van der Waals surface area contributed by atoms with Gasteiger partial charge in [0.15, 0.2) is 11.5 Å². The molecule has 3 N–H and O–H groups in total. The molecule has 36 heavy (non-hydrogen) atoms. The van der Waals surface area contributed by atoms with E-state index >= 15 is 0 Å². The maximum atomic E-state index is 6.51. The first kappa shape index (κ1) is 22.9. The van der Waals surface area contributed by atoms with Crippen molar-refractivity contribution in [2.45, 2.75) is 18.9 Å². The van der Waals surface area contributed by atoms with Gasteiger partial charge in [-0.25, -0.2) is 4.98 Å². The SMILES string of the molecule is COc1ccc(-c2ccc3c(c2)[nH]c2c(OC4CCNCC4)nc(N4CCNCC4)nc23)cc1OC. The Kier molecular flexibility index (Phi) is 6.25. The van der Waals surface area contributed by atoms with E-state index in [4.69, 9.17) is 24.2 Å². The van der Waals surface area contributed by atoms with Crippen LogP contribution in [-0.2, 0) is 0 Å². The zero-order valence-electron chi connectivity index (χ0n) is 20.8. The summed E-state index contributed by atoms with van der Waals surface area (Å²) < 4.78 is 17.4. The number of benzene rings is 2. The Hall–Kier alpha value is -3.56. The van der Waals surface area contributed by atoms with Crippen molar-refractivity contribution < 1.29 is 14.2 Å². The van der Waals surface area contributed by atoms with Crippen molar-refractivity contribution >= 4 is 27.9 Å². The maximum Gasteiger partial charge on any atom is 0.243 e. The molecule has 2 aromatic heterocycles. The number of anilines is 1. The van der Waals surface area contributed by atoms with Crippen molar-refractivity contribution in [2.24, 2.45) is 0 Å². The van der Waals surface area contributed by atoms with Crippen molar-refractivity contribution in [2.75, 3.05) is 58.4 Å². The summed E-state index contributed by atoms with van der Waals surface area (Å²) in [5.74, 6) is 2.79. The van der Waals surface area contributed by atoms with Crippen LogP contribution in [0.25, 0.3) is 33.1 Å². The summed E-state index contributed by atoms with van der Waals surface area (Å²) >= 11 is 0. The van der Waals surface area contributed by atoms with Gasteiger partial charge < -0.3 is 34.7 Å². The Bertz CT molecular complexity index is 1380. The molecular weight excluding hydrogens is 456 g/mol. The van der Waals surface area contributed by atoms with Gasteiger partial charge in [0, 0.05) is 37.1 Å². The van der Waals surface area contributed by atoms with Crippen LogP contribution in [0, 0.1) is 0 Å². The number of H-pyrrole nitrogens is 1. The first-order chi connectivity index (χ1) is 17.7. The third kappa shape index (κ3) is 4.29. The van der Waals surface area contributed by atoms with Crippen LogP contribution in [-0.4, -0.2) is 74.5 Å². The molecule has 2 saturated heterocycles. The highest BCUT2D eigenvalue weighted by Gasteiger charge is 2.23. The third-order valence-electron chi connectivity index (χ3n) is 7.08. The van der Waals surface area contributed by atoms with E-state index in [1.54, 1.807) is 14.2 Å². The van der Waals surface area contributed by atoms with Crippen molar-refractivity contribution in [3.8, 4) is 28.5 Å². The minimum Gasteiger partial charge on any atom is -0.493 e. The van der Waals surface area contributed by atoms with Crippen molar-refractivity contribution in [1.82, 2.24) is 25.6 Å². The summed E-state index contributed by atoms with van der Waals surface area (Å²) in [5.41, 5.74) is 4.88. The quantitative estimate of drug-likeness (QED) is 0.380. The number of aromatic amines is 1. The van der Waals surface area contributed by atoms with Crippen molar-refractivity contribution in [3.63, 3.8) is 0 Å². The lowest BCUT2D eigenvalue weighted by molar-refractivity contribution is 0.158. The number of ether oxygens (including phenoxy) is 3. The fourth-order valence-corrected chi connectivity index (χ4v) is 5.08. The normalized spacial score (nSPS) is 17.0. The summed E-state index contributed by atoms with van der Waals surface area (Å²) in [6.45, 7) is 5.53. The molecule has 9 nitrogen and oxygen atoms in total. The molecule has 0 amide bonds. The molecule has 0 saturated carbocycles. The number of piperidine rings is 1. The van der Waals surface area contributed by atoms with Crippen LogP contribution in [0.3, 0.4) is 0 Å². The number of nitrogens with zero attached hydrogens (tertiary/aromatic N) is 3. The van der Waals surface area contributed by atoms with Crippen LogP contribution >= 0.6 is 0 Å². The van der Waals surface area contributed by atoms with E-state index in [-0.39, 0.29) is 6.10 Å². The van der Waals surface area contributed by atoms with Gasteiger partial charge >= 0.3 is 0 Å². The standard InChI is InChI=1S/C27H32N6O3/c1-34-22-6-4-18(16-23(22)35-2)17-3-5-20-21(15-17)30-25-24(20)31-27(33-13-11-29-12-14-33)32-26(25)36-19-7-9-28-10-8-19/h3-6,15-16,19,28-30H,7-14H2,1-2H3. The Labute approximate surface area is 210 Å². The van der Waals surface area contributed by atoms with Gasteiger partial charge in [0.25, 0.3) is 0 Å². The minimum atomic E-state index is 0.147. The average Bonchev–Trinajstić information content (AvgIpc) is 3.32. The molecule has 0 radical (unpaired) electrons. The molecule has 4 heterocycles. The number of hydrogen-bond donors (Lipinski definition) is 3. The fourth-order valence-electron chi connectivity index (χ4n) is 5.08. The lowest BCUT2D eigenvalue weighted by Gasteiger charge is -2.28. The molecular formula is C27H32N6O3. The van der Waals surface area contributed by atoms with Crippen LogP contribution in [0.4, 0.5) is 5.95 Å². The molecule has 9 heteroatoms. The zero-order valence-corrected chi connectivity index (χ0v) is 20.8. The Balaban J connectivity index is 1.44. The molecule has 0 unspecified atom stereocenters. The second kappa shape index (κ2) is 9.83. The van der Waals surface area contributed by atoms with Gasteiger partial charge in [-0.2, -0.15) is 4.98 Å². The molecule has 188 valence electrons. The van der Waals surface area contributed by atoms with Crippen LogP contribution in [0.2, 0.25) is 0 Å². The number of piperazine rings is 1. The van der Waals surface area contributed by atoms with E-state index in [1.165, 1.54) is 0 Å². The van der Waals surface area contributed by atoms with Crippen LogP contribution in [0.15, 0.2) is 36.4 Å². The molecule has 2 aliphatic rings. The summed E-state index contributed by atoms with van der Waals surface area (Å²) in [6.07, 6.45) is 2.09. The summed E-state index contributed by atoms with van der Waals surface area (Å²) in [5, 5.41) is 7.87. The Morgan fingerprint density at radius 3 is 2.33 bits per heavy atom. The second-order valence-electron chi connectivity index (χ2n) is 9.31. The fraction of sp³-hybridized carbons (Fsp3) is 0.407. The van der Waals surface area contributed by atoms with E-state index in [2.05, 4.69) is 38.7 Å². The highest BCUT2D eigenvalue weighted by Crippen LogP contribution is 2.36. The summed E-state index contributed by atoms with van der Waals surface area (Å²) in [7, 11) is 3.30. The molecule has 0 aliphatic carbocycles. The molecule has 2 aromatic carbocycles. The van der Waals surface area contributed by atoms with E-state index in [1.807, 2.05) is 18.2 Å². The van der Waals surface area contributed by atoms with Gasteiger partial charge in [-0.3, -0.25) is 0 Å². The molecule has 2 aliphatic heterocycles. The lowest BCUT2D eigenvalue weighted by Crippen LogP contribution is -2.44. The summed E-state index contributed by atoms with van der Waals surface area (Å²) in [6, 6.07) is 12.4. The Morgan fingerprint density at radius 1 is 0.833 bits per heavy atom. The van der Waals surface area contributed by atoms with E-state index < -0.39 is 0 Å². The highest BCUT2D eigenvalue weighted by atomic mass is 16.5. The zero-order chi connectivity index (χ0) is 24.5. The van der Waals surface area contributed by atoms with Gasteiger partial charge in [0.05, 0.1) is 14.2 Å². The van der Waals surface area contributed by atoms with Gasteiger partial charge in [0.2, 0.25) is 11.8 Å². The maximum absolute atomic E-state index is 6.51. The number of methoxy groups -OCH3 is 2. The Morgan fingerprint density at radius 2 is 1.56 bits per heavy atom. The van der Waals surface area contributed by atoms with Gasteiger partial charge in [-0.15, -0.1) is 0 Å². The van der Waals surface area contributed by atoms with E-state index in [0.717, 1.165) is 91.1 Å². The predicted molar refractivity (Wildman–Crippen MR) is 142 cm³/mol. The van der Waals surface area contributed by atoms with Crippen molar-refractivity contribution in [1.29, 1.82) is 0 Å². The van der Waals surface area contributed by atoms with Crippen LogP contribution < -0.4 is 29.7 Å². The van der Waals surface area contributed by atoms with Crippen LogP contribution in [0.5, 0.6) is 17.4 Å². The first-order valence-corrected chi connectivity index (χ1v) is 12.6. The number of hydrogen-bond acceptors (Lipinski definition) is 8. The van der Waals surface area contributed by atoms with E-state index in [9.17, 15) is 0 Å². The topological polar surface area (TPSA) is 96.6 Å². The van der Waals surface area contributed by atoms with Crippen LogP contribution in [0.1, 0.15) is 12.8 Å². The minimum absolute atomic E-state index is 0.147. The third-order valence-corrected chi connectivity index (χ3v) is 7.08. The molecule has 6 rings (SSSR count). The number of nitrogens with one attached hydrogen (secondary N) is 3. The number of rotatable bonds is 6. The molecule has 0 atom stereocenters. The predicted octanol–water partition coefficient (Wildman–Crippen LogP) is 3.34. The molecule has 0 spiro atoms. The number of fused-ring (bicyclic) bond motifs is 3. The highest BCUT2D eigenvalue weighted by molar-refractivity contribution is 6.07. The lowest BCUT2D eigenvalue weighted by atomic mass is 10.0. The largest absolute Gasteiger partial charge is 0.493 e. The monoisotopic (exact) mass is 488 g/mol. The molecule has 4 aromatic rings.